The number of aliphatic imine (C=N–C) groups is 1. The van der Waals surface area contributed by atoms with Crippen LogP contribution in [-0.4, -0.2) is 33.8 Å². The highest BCUT2D eigenvalue weighted by molar-refractivity contribution is 7.13. The van der Waals surface area contributed by atoms with Crippen LogP contribution >= 0.6 is 11.3 Å². The van der Waals surface area contributed by atoms with Gasteiger partial charge in [-0.3, -0.25) is 19.7 Å². The number of hydrogen-bond donors (Lipinski definition) is 1. The molecule has 2 N–H and O–H groups in total. The van der Waals surface area contributed by atoms with Crippen LogP contribution in [0.25, 0.3) is 10.4 Å². The average Bonchev–Trinajstić information content (AvgIpc) is 3.32. The van der Waals surface area contributed by atoms with Gasteiger partial charge in [-0.25, -0.2) is 18.2 Å². The maximum atomic E-state index is 15.0. The van der Waals surface area contributed by atoms with E-state index in [9.17, 15) is 13.6 Å². The van der Waals surface area contributed by atoms with Gasteiger partial charge in [0.15, 0.2) is 11.5 Å². The molecule has 0 aliphatic carbocycles. The fraction of sp³-hybridized carbons (Fsp3) is 0.158. The largest absolute Gasteiger partial charge is 0.369 e. The summed E-state index contributed by atoms with van der Waals surface area (Å²) >= 11 is 1.16. The van der Waals surface area contributed by atoms with Gasteiger partial charge in [-0.1, -0.05) is 0 Å². The van der Waals surface area contributed by atoms with Gasteiger partial charge in [0.2, 0.25) is 0 Å². The summed E-state index contributed by atoms with van der Waals surface area (Å²) in [6.45, 7) is -0.884. The van der Waals surface area contributed by atoms with Crippen molar-refractivity contribution in [2.45, 2.75) is 12.2 Å². The highest BCUT2D eigenvalue weighted by atomic mass is 32.1. The van der Waals surface area contributed by atoms with Crippen molar-refractivity contribution in [3.8, 4) is 10.4 Å². The van der Waals surface area contributed by atoms with Gasteiger partial charge >= 0.3 is 0 Å². The van der Waals surface area contributed by atoms with E-state index in [0.717, 1.165) is 16.2 Å². The molecule has 1 unspecified atom stereocenters. The Morgan fingerprint density at radius 1 is 1.24 bits per heavy atom. The molecule has 0 radical (unpaired) electrons. The second kappa shape index (κ2) is 6.96. The number of carbonyl (C=O) groups excluding carboxylic acids is 1. The van der Waals surface area contributed by atoms with Crippen LogP contribution in [0, 0.1) is 11.6 Å². The molecular weight excluding hydrogens is 403 g/mol. The predicted molar refractivity (Wildman–Crippen MR) is 102 cm³/mol. The van der Waals surface area contributed by atoms with E-state index in [1.165, 1.54) is 43.2 Å². The summed E-state index contributed by atoms with van der Waals surface area (Å²) in [5.74, 6) is -2.57. The lowest BCUT2D eigenvalue weighted by atomic mass is 9.81. The number of likely N-dealkylation sites (N-methyl/N-ethyl adjacent to an activating group) is 1. The SMILES string of the molecule is CN1C(=O)C(c2ccnc(CF)c2)(c2cc(-c3cncs3)c(F)cc2F)N=C1N. The molecule has 0 saturated carbocycles. The predicted octanol–water partition coefficient (Wildman–Crippen LogP) is 2.98. The molecule has 148 valence electrons. The third-order valence-corrected chi connectivity index (χ3v) is 5.56. The van der Waals surface area contributed by atoms with E-state index in [1.54, 1.807) is 0 Å². The van der Waals surface area contributed by atoms with Crippen LogP contribution in [0.2, 0.25) is 0 Å². The summed E-state index contributed by atoms with van der Waals surface area (Å²) < 4.78 is 42.7. The van der Waals surface area contributed by atoms with E-state index in [1.807, 2.05) is 0 Å². The normalized spacial score (nSPS) is 19.0. The van der Waals surface area contributed by atoms with Crippen molar-refractivity contribution < 1.29 is 18.0 Å². The number of benzene rings is 1. The van der Waals surface area contributed by atoms with Gasteiger partial charge in [-0.2, -0.15) is 0 Å². The first kappa shape index (κ1) is 19.1. The molecule has 0 fully saturated rings. The molecule has 1 atom stereocenters. The first-order valence-corrected chi connectivity index (χ1v) is 9.29. The number of alkyl halides is 1. The van der Waals surface area contributed by atoms with Crippen LogP contribution in [0.15, 0.2) is 47.2 Å². The topological polar surface area (TPSA) is 84.5 Å². The molecule has 3 heterocycles. The number of nitrogens with zero attached hydrogens (tertiary/aromatic N) is 4. The molecule has 0 bridgehead atoms. The minimum absolute atomic E-state index is 0.0446. The van der Waals surface area contributed by atoms with Gasteiger partial charge in [0.25, 0.3) is 5.91 Å². The second-order valence-electron chi connectivity index (χ2n) is 6.39. The van der Waals surface area contributed by atoms with Gasteiger partial charge in [-0.15, -0.1) is 11.3 Å². The van der Waals surface area contributed by atoms with E-state index < -0.39 is 29.8 Å². The zero-order chi connectivity index (χ0) is 20.8. The van der Waals surface area contributed by atoms with Crippen LogP contribution in [-0.2, 0) is 17.0 Å². The second-order valence-corrected chi connectivity index (χ2v) is 7.28. The summed E-state index contributed by atoms with van der Waals surface area (Å²) in [5, 5.41) is 0. The lowest BCUT2D eigenvalue weighted by Gasteiger charge is -2.27. The molecule has 1 aliphatic rings. The summed E-state index contributed by atoms with van der Waals surface area (Å²) in [5.41, 5.74) is 5.54. The van der Waals surface area contributed by atoms with Crippen LogP contribution in [0.3, 0.4) is 0 Å². The Morgan fingerprint density at radius 3 is 2.66 bits per heavy atom. The summed E-state index contributed by atoms with van der Waals surface area (Å²) in [4.78, 5) is 26.8. The molecule has 10 heteroatoms. The molecule has 6 nitrogen and oxygen atoms in total. The zero-order valence-electron chi connectivity index (χ0n) is 15.1. The quantitative estimate of drug-likeness (QED) is 0.707. The van der Waals surface area contributed by atoms with Crippen molar-refractivity contribution in [2.75, 3.05) is 7.05 Å². The first-order valence-electron chi connectivity index (χ1n) is 8.41. The fourth-order valence-corrected chi connectivity index (χ4v) is 3.94. The van der Waals surface area contributed by atoms with Crippen LogP contribution in [0.1, 0.15) is 16.8 Å². The number of carbonyl (C=O) groups is 1. The van der Waals surface area contributed by atoms with Crippen molar-refractivity contribution in [1.29, 1.82) is 0 Å². The molecule has 29 heavy (non-hydrogen) atoms. The monoisotopic (exact) mass is 417 g/mol. The van der Waals surface area contributed by atoms with Crippen LogP contribution in [0.4, 0.5) is 13.2 Å². The molecule has 1 aliphatic heterocycles. The third-order valence-electron chi connectivity index (χ3n) is 4.76. The lowest BCUT2D eigenvalue weighted by Crippen LogP contribution is -2.41. The molecule has 2 aromatic heterocycles. The summed E-state index contributed by atoms with van der Waals surface area (Å²) in [6.07, 6.45) is 2.74. The Balaban J connectivity index is 2.04. The third kappa shape index (κ3) is 2.87. The van der Waals surface area contributed by atoms with E-state index >= 15 is 4.39 Å². The Morgan fingerprint density at radius 2 is 2.03 bits per heavy atom. The number of nitrogens with two attached hydrogens (primary N) is 1. The Bertz CT molecular complexity index is 1130. The highest BCUT2D eigenvalue weighted by Gasteiger charge is 2.51. The molecule has 4 rings (SSSR count). The maximum absolute atomic E-state index is 15.0. The molecule has 3 aromatic rings. The van der Waals surface area contributed by atoms with Crippen molar-refractivity contribution in [2.24, 2.45) is 10.7 Å². The average molecular weight is 417 g/mol. The van der Waals surface area contributed by atoms with E-state index in [-0.39, 0.29) is 28.3 Å². The molecule has 0 saturated heterocycles. The summed E-state index contributed by atoms with van der Waals surface area (Å²) in [7, 11) is 1.39. The molecular formula is C19H14F3N5OS. The molecule has 0 spiro atoms. The van der Waals surface area contributed by atoms with Crippen molar-refractivity contribution in [3.05, 3.63) is 70.6 Å². The molecule has 1 amide bonds. The number of aromatic nitrogens is 2. The van der Waals surface area contributed by atoms with Gasteiger partial charge in [-0.05, 0) is 23.8 Å². The summed E-state index contributed by atoms with van der Waals surface area (Å²) in [6, 6.07) is 4.67. The van der Waals surface area contributed by atoms with Crippen molar-refractivity contribution in [1.82, 2.24) is 14.9 Å². The smallest absolute Gasteiger partial charge is 0.266 e. The van der Waals surface area contributed by atoms with Gasteiger partial charge in [0, 0.05) is 36.6 Å². The van der Waals surface area contributed by atoms with Crippen molar-refractivity contribution in [3.63, 3.8) is 0 Å². The van der Waals surface area contributed by atoms with Crippen molar-refractivity contribution >= 4 is 23.2 Å². The number of hydrogen-bond acceptors (Lipinski definition) is 6. The number of guanidine groups is 1. The van der Waals surface area contributed by atoms with Crippen LogP contribution < -0.4 is 5.73 Å². The highest BCUT2D eigenvalue weighted by Crippen LogP contribution is 2.42. The standard InChI is InChI=1S/C19H14F3N5OS/c1-27-17(28)19(26-18(27)23,10-2-3-25-11(4-10)7-20)13-5-12(14(21)6-15(13)22)16-8-24-9-29-16/h2-6,8-9H,7H2,1H3,(H2,23,26). The van der Waals surface area contributed by atoms with Gasteiger partial charge in [0.1, 0.15) is 18.3 Å². The van der Waals surface area contributed by atoms with E-state index in [0.29, 0.717) is 10.9 Å². The maximum Gasteiger partial charge on any atom is 0.266 e. The van der Waals surface area contributed by atoms with E-state index in [4.69, 9.17) is 5.73 Å². The minimum atomic E-state index is -1.93. The number of thiazole rings is 1. The number of pyridine rings is 1. The number of halogens is 3. The van der Waals surface area contributed by atoms with Crippen LogP contribution in [0.5, 0.6) is 0 Å². The number of amides is 1. The fourth-order valence-electron chi connectivity index (χ4n) is 3.30. The Labute approximate surface area is 167 Å². The molecule has 1 aromatic carbocycles. The number of rotatable bonds is 4. The Hall–Kier alpha value is -3.27. The van der Waals surface area contributed by atoms with Gasteiger partial charge in [0.05, 0.1) is 16.1 Å². The van der Waals surface area contributed by atoms with E-state index in [2.05, 4.69) is 15.0 Å². The first-order chi connectivity index (χ1) is 13.9. The lowest BCUT2D eigenvalue weighted by molar-refractivity contribution is -0.129. The zero-order valence-corrected chi connectivity index (χ0v) is 15.9. The minimum Gasteiger partial charge on any atom is -0.369 e. The van der Waals surface area contributed by atoms with Gasteiger partial charge < -0.3 is 5.73 Å². The Kier molecular flexibility index (Phi) is 4.58.